The molecule has 2 fully saturated rings. The van der Waals surface area contributed by atoms with Crippen LogP contribution in [0, 0.1) is 5.92 Å². The van der Waals surface area contributed by atoms with Crippen molar-refractivity contribution in [1.82, 2.24) is 10.2 Å². The van der Waals surface area contributed by atoms with Gasteiger partial charge < -0.3 is 10.2 Å². The lowest BCUT2D eigenvalue weighted by Crippen LogP contribution is -2.32. The van der Waals surface area contributed by atoms with Gasteiger partial charge in [-0.3, -0.25) is 4.79 Å². The van der Waals surface area contributed by atoms with Crippen LogP contribution in [0.2, 0.25) is 5.02 Å². The highest BCUT2D eigenvalue weighted by molar-refractivity contribution is 6.30. The fourth-order valence-electron chi connectivity index (χ4n) is 3.12. The minimum atomic E-state index is 0.297. The summed E-state index contributed by atoms with van der Waals surface area (Å²) in [7, 11) is 0. The minimum Gasteiger partial charge on any atom is -0.343 e. The Morgan fingerprint density at radius 3 is 2.52 bits per heavy atom. The van der Waals surface area contributed by atoms with Gasteiger partial charge in [0.2, 0.25) is 5.91 Å². The number of benzene rings is 1. The van der Waals surface area contributed by atoms with Crippen molar-refractivity contribution in [2.24, 2.45) is 5.92 Å². The molecule has 0 aromatic heterocycles. The largest absolute Gasteiger partial charge is 0.343 e. The summed E-state index contributed by atoms with van der Waals surface area (Å²) < 4.78 is 0. The van der Waals surface area contributed by atoms with Crippen LogP contribution in [0.5, 0.6) is 0 Å². The molecule has 1 atom stereocenters. The Hall–Kier alpha value is -1.06. The number of amides is 1. The average Bonchev–Trinajstić information content (AvgIpc) is 3.17. The number of nitrogens with zero attached hydrogens (tertiary/aromatic N) is 1. The summed E-state index contributed by atoms with van der Waals surface area (Å²) in [6.07, 6.45) is 5.49. The maximum Gasteiger partial charge on any atom is 0.223 e. The standard InChI is InChI=1S/C17H23ClN2O/c18-15-7-5-14(6-8-15)17(13-3-4-13)19-10-9-16(21)20-11-1-2-12-20/h5-8,13,17,19H,1-4,9-12H2. The third kappa shape index (κ3) is 3.98. The third-order valence-electron chi connectivity index (χ3n) is 4.48. The van der Waals surface area contributed by atoms with Crippen LogP contribution in [0.25, 0.3) is 0 Å². The van der Waals surface area contributed by atoms with Gasteiger partial charge in [0.1, 0.15) is 0 Å². The van der Waals surface area contributed by atoms with Crippen LogP contribution in [0.3, 0.4) is 0 Å². The molecule has 1 heterocycles. The zero-order chi connectivity index (χ0) is 14.7. The van der Waals surface area contributed by atoms with E-state index in [0.29, 0.717) is 24.3 Å². The zero-order valence-electron chi connectivity index (χ0n) is 12.4. The van der Waals surface area contributed by atoms with Gasteiger partial charge in [-0.25, -0.2) is 0 Å². The molecule has 4 heteroatoms. The monoisotopic (exact) mass is 306 g/mol. The van der Waals surface area contributed by atoms with Gasteiger partial charge in [-0.1, -0.05) is 23.7 Å². The summed E-state index contributed by atoms with van der Waals surface area (Å²) in [6, 6.07) is 8.46. The van der Waals surface area contributed by atoms with Gasteiger partial charge in [0.25, 0.3) is 0 Å². The highest BCUT2D eigenvalue weighted by Gasteiger charge is 2.32. The minimum absolute atomic E-state index is 0.297. The highest BCUT2D eigenvalue weighted by atomic mass is 35.5. The number of halogens is 1. The molecule has 0 spiro atoms. The van der Waals surface area contributed by atoms with E-state index in [2.05, 4.69) is 17.4 Å². The van der Waals surface area contributed by atoms with E-state index in [0.717, 1.165) is 37.5 Å². The zero-order valence-corrected chi connectivity index (χ0v) is 13.1. The van der Waals surface area contributed by atoms with Gasteiger partial charge in [0, 0.05) is 37.1 Å². The van der Waals surface area contributed by atoms with E-state index >= 15 is 0 Å². The first-order valence-corrected chi connectivity index (χ1v) is 8.38. The smallest absolute Gasteiger partial charge is 0.223 e. The van der Waals surface area contributed by atoms with E-state index in [-0.39, 0.29) is 0 Å². The Morgan fingerprint density at radius 1 is 1.24 bits per heavy atom. The summed E-state index contributed by atoms with van der Waals surface area (Å²) in [5, 5.41) is 4.36. The summed E-state index contributed by atoms with van der Waals surface area (Å²) in [5.41, 5.74) is 1.29. The highest BCUT2D eigenvalue weighted by Crippen LogP contribution is 2.41. The molecule has 21 heavy (non-hydrogen) atoms. The quantitative estimate of drug-likeness (QED) is 0.873. The molecular weight excluding hydrogens is 284 g/mol. The molecule has 1 N–H and O–H groups in total. The van der Waals surface area contributed by atoms with Gasteiger partial charge in [0.15, 0.2) is 0 Å². The lowest BCUT2D eigenvalue weighted by Gasteiger charge is -2.20. The molecular formula is C17H23ClN2O. The third-order valence-corrected chi connectivity index (χ3v) is 4.74. The number of rotatable bonds is 6. The second-order valence-electron chi connectivity index (χ2n) is 6.16. The maximum absolute atomic E-state index is 12.1. The van der Waals surface area contributed by atoms with Crippen molar-refractivity contribution in [1.29, 1.82) is 0 Å². The molecule has 1 aromatic carbocycles. The molecule has 0 radical (unpaired) electrons. The molecule has 1 aromatic rings. The van der Waals surface area contributed by atoms with Crippen LogP contribution in [-0.4, -0.2) is 30.4 Å². The Labute approximate surface area is 131 Å². The molecule has 1 saturated carbocycles. The summed E-state index contributed by atoms with van der Waals surface area (Å²) in [4.78, 5) is 14.1. The molecule has 1 aliphatic heterocycles. The van der Waals surface area contributed by atoms with Crippen molar-refractivity contribution >= 4 is 17.5 Å². The van der Waals surface area contributed by atoms with Crippen molar-refractivity contribution in [3.05, 3.63) is 34.9 Å². The van der Waals surface area contributed by atoms with Crippen LogP contribution in [-0.2, 0) is 4.79 Å². The molecule has 2 aliphatic rings. The molecule has 1 unspecified atom stereocenters. The molecule has 1 saturated heterocycles. The van der Waals surface area contributed by atoms with Gasteiger partial charge in [-0.2, -0.15) is 0 Å². The van der Waals surface area contributed by atoms with Crippen LogP contribution in [0.4, 0.5) is 0 Å². The van der Waals surface area contributed by atoms with E-state index in [9.17, 15) is 4.79 Å². The van der Waals surface area contributed by atoms with E-state index in [1.165, 1.54) is 18.4 Å². The van der Waals surface area contributed by atoms with Crippen LogP contribution in [0.1, 0.15) is 43.7 Å². The van der Waals surface area contributed by atoms with Crippen molar-refractivity contribution in [3.8, 4) is 0 Å². The number of likely N-dealkylation sites (tertiary alicyclic amines) is 1. The van der Waals surface area contributed by atoms with Gasteiger partial charge in [0.05, 0.1) is 0 Å². The SMILES string of the molecule is O=C(CCNC(c1ccc(Cl)cc1)C1CC1)N1CCCC1. The first-order chi connectivity index (χ1) is 10.2. The number of carbonyl (C=O) groups is 1. The number of hydrogen-bond donors (Lipinski definition) is 1. The fourth-order valence-corrected chi connectivity index (χ4v) is 3.24. The predicted octanol–water partition coefficient (Wildman–Crippen LogP) is 3.39. The van der Waals surface area contributed by atoms with Crippen molar-refractivity contribution < 1.29 is 4.79 Å². The van der Waals surface area contributed by atoms with Gasteiger partial charge in [-0.15, -0.1) is 0 Å². The van der Waals surface area contributed by atoms with E-state index in [4.69, 9.17) is 11.6 Å². The van der Waals surface area contributed by atoms with E-state index in [1.807, 2.05) is 17.0 Å². The maximum atomic E-state index is 12.1. The Kier molecular flexibility index (Phi) is 4.81. The van der Waals surface area contributed by atoms with E-state index in [1.54, 1.807) is 0 Å². The Balaban J connectivity index is 1.51. The number of hydrogen-bond acceptors (Lipinski definition) is 2. The molecule has 3 nitrogen and oxygen atoms in total. The first-order valence-electron chi connectivity index (χ1n) is 8.00. The summed E-state index contributed by atoms with van der Waals surface area (Å²) in [6.45, 7) is 2.66. The average molecular weight is 307 g/mol. The van der Waals surface area contributed by atoms with E-state index < -0.39 is 0 Å². The molecule has 1 aliphatic carbocycles. The predicted molar refractivity (Wildman–Crippen MR) is 85.4 cm³/mol. The van der Waals surface area contributed by atoms with Crippen LogP contribution in [0.15, 0.2) is 24.3 Å². The fraction of sp³-hybridized carbons (Fsp3) is 0.588. The topological polar surface area (TPSA) is 32.3 Å². The van der Waals surface area contributed by atoms with Gasteiger partial charge in [-0.05, 0) is 49.3 Å². The molecule has 0 bridgehead atoms. The number of carbonyl (C=O) groups excluding carboxylic acids is 1. The number of nitrogens with one attached hydrogen (secondary N) is 1. The molecule has 3 rings (SSSR count). The van der Waals surface area contributed by atoms with Crippen molar-refractivity contribution in [2.75, 3.05) is 19.6 Å². The molecule has 1 amide bonds. The summed E-state index contributed by atoms with van der Waals surface area (Å²) >= 11 is 5.96. The van der Waals surface area contributed by atoms with Gasteiger partial charge >= 0.3 is 0 Å². The van der Waals surface area contributed by atoms with Crippen LogP contribution >= 0.6 is 11.6 Å². The summed E-state index contributed by atoms with van der Waals surface area (Å²) in [5.74, 6) is 1.01. The second-order valence-corrected chi connectivity index (χ2v) is 6.60. The Morgan fingerprint density at radius 2 is 1.90 bits per heavy atom. The lowest BCUT2D eigenvalue weighted by atomic mass is 10.0. The lowest BCUT2D eigenvalue weighted by molar-refractivity contribution is -0.130. The normalized spacial score (nSPS) is 19.8. The Bertz CT molecular complexity index is 478. The second kappa shape index (κ2) is 6.80. The van der Waals surface area contributed by atoms with Crippen molar-refractivity contribution in [2.45, 2.75) is 38.1 Å². The van der Waals surface area contributed by atoms with Crippen molar-refractivity contribution in [3.63, 3.8) is 0 Å². The van der Waals surface area contributed by atoms with Crippen LogP contribution < -0.4 is 5.32 Å². The first kappa shape index (κ1) is 14.9. The molecule has 114 valence electrons.